The minimum atomic E-state index is -0.559. The van der Waals surface area contributed by atoms with Crippen LogP contribution in [0.3, 0.4) is 0 Å². The van der Waals surface area contributed by atoms with Crippen LogP contribution in [0.4, 0.5) is 5.69 Å². The van der Waals surface area contributed by atoms with Gasteiger partial charge in [0.25, 0.3) is 5.91 Å². The van der Waals surface area contributed by atoms with E-state index in [1.165, 1.54) is 10.9 Å². The number of carbonyl (C=O) groups excluding carboxylic acids is 1. The largest absolute Gasteiger partial charge is 0.365 e. The predicted molar refractivity (Wildman–Crippen MR) is 66.3 cm³/mol. The number of hydrogen-bond acceptors (Lipinski definition) is 2. The Hall–Kier alpha value is -2.14. The lowest BCUT2D eigenvalue weighted by Gasteiger charge is -1.98. The van der Waals surface area contributed by atoms with Crippen LogP contribution in [-0.2, 0) is 4.79 Å². The Balaban J connectivity index is 2.34. The first-order valence-electron chi connectivity index (χ1n) is 4.79. The van der Waals surface area contributed by atoms with Crippen molar-refractivity contribution in [1.29, 1.82) is 0 Å². The van der Waals surface area contributed by atoms with Crippen molar-refractivity contribution in [3.05, 3.63) is 41.1 Å². The molecular weight excluding hydrogens is 240 g/mol. The first kappa shape index (κ1) is 11.3. The molecule has 0 spiro atoms. The molecule has 0 bridgehead atoms. The second kappa shape index (κ2) is 4.39. The van der Waals surface area contributed by atoms with Crippen LogP contribution in [-0.4, -0.2) is 23.1 Å². The second-order valence-electron chi connectivity index (χ2n) is 3.43. The fourth-order valence-corrected chi connectivity index (χ4v) is 1.48. The average molecular weight is 250 g/mol. The van der Waals surface area contributed by atoms with Gasteiger partial charge in [0, 0.05) is 5.02 Å². The Morgan fingerprint density at radius 1 is 1.41 bits per heavy atom. The molecule has 1 heterocycles. The van der Waals surface area contributed by atoms with Crippen molar-refractivity contribution >= 4 is 35.7 Å². The zero-order valence-electron chi connectivity index (χ0n) is 8.85. The Morgan fingerprint density at radius 2 is 2.06 bits per heavy atom. The standard InChI is InChI=1S/C11H9ClN4O/c1-16-6-9(10(13)17)11(15-16)14-8-4-2-7(12)3-5-8/h2-6H,1H2,(H2-,13,14,15,17)/p+1. The summed E-state index contributed by atoms with van der Waals surface area (Å²) in [4.78, 5) is 15.4. The lowest BCUT2D eigenvalue weighted by Crippen LogP contribution is -2.28. The number of nitrogens with zero attached hydrogens (tertiary/aromatic N) is 2. The number of nitrogens with one attached hydrogen (secondary N) is 1. The minimum absolute atomic E-state index is 0.287. The Bertz CT molecular complexity index is 545. The number of amidine groups is 1. The molecular formula is C11H10ClN4O+. The summed E-state index contributed by atoms with van der Waals surface area (Å²) in [6.45, 7) is 3.61. The molecule has 0 aromatic heterocycles. The van der Waals surface area contributed by atoms with Gasteiger partial charge in [0.2, 0.25) is 12.0 Å². The zero-order valence-corrected chi connectivity index (χ0v) is 9.61. The molecule has 3 N–H and O–H groups in total. The topological polar surface area (TPSA) is 70.5 Å². The SMILES string of the molecule is C=[N+]1C=C(C(N)=O)C(=Nc2ccc(Cl)cc2)N1. The molecule has 17 heavy (non-hydrogen) atoms. The number of benzene rings is 1. The van der Waals surface area contributed by atoms with Gasteiger partial charge in [-0.05, 0) is 24.3 Å². The third-order valence-electron chi connectivity index (χ3n) is 2.12. The van der Waals surface area contributed by atoms with Gasteiger partial charge < -0.3 is 5.73 Å². The number of primary amides is 1. The van der Waals surface area contributed by atoms with Gasteiger partial charge in [0.05, 0.1) is 5.69 Å². The molecule has 86 valence electrons. The lowest BCUT2D eigenvalue weighted by molar-refractivity contribution is -0.488. The third-order valence-corrected chi connectivity index (χ3v) is 2.37. The second-order valence-corrected chi connectivity index (χ2v) is 3.86. The van der Waals surface area contributed by atoms with E-state index in [2.05, 4.69) is 17.1 Å². The molecule has 0 aliphatic carbocycles. The highest BCUT2D eigenvalue weighted by molar-refractivity contribution is 6.30. The molecule has 0 unspecified atom stereocenters. The van der Waals surface area contributed by atoms with Crippen molar-refractivity contribution in [2.45, 2.75) is 0 Å². The Morgan fingerprint density at radius 3 is 2.65 bits per heavy atom. The van der Waals surface area contributed by atoms with Crippen molar-refractivity contribution in [3.63, 3.8) is 0 Å². The van der Waals surface area contributed by atoms with Gasteiger partial charge in [-0.25, -0.2) is 4.99 Å². The normalized spacial score (nSPS) is 16.9. The molecule has 2 rings (SSSR count). The fourth-order valence-electron chi connectivity index (χ4n) is 1.36. The maximum atomic E-state index is 11.2. The summed E-state index contributed by atoms with van der Waals surface area (Å²) in [7, 11) is 0. The molecule has 1 amide bonds. The van der Waals surface area contributed by atoms with Gasteiger partial charge in [-0.3, -0.25) is 4.79 Å². The number of aliphatic imine (C=N–C) groups is 1. The first-order chi connectivity index (χ1) is 8.06. The molecule has 0 fully saturated rings. The number of hydrazone groups is 1. The maximum Gasteiger partial charge on any atom is 0.258 e. The van der Waals surface area contributed by atoms with Crippen LogP contribution >= 0.6 is 11.6 Å². The van der Waals surface area contributed by atoms with Crippen molar-refractivity contribution in [3.8, 4) is 0 Å². The molecule has 0 saturated carbocycles. The van der Waals surface area contributed by atoms with Crippen LogP contribution in [0, 0.1) is 0 Å². The van der Waals surface area contributed by atoms with E-state index in [0.29, 0.717) is 16.5 Å². The van der Waals surface area contributed by atoms with Crippen LogP contribution in [0.1, 0.15) is 0 Å². The zero-order chi connectivity index (χ0) is 12.4. The summed E-state index contributed by atoms with van der Waals surface area (Å²) in [5, 5.41) is 0.623. The van der Waals surface area contributed by atoms with Crippen LogP contribution < -0.4 is 11.2 Å². The number of carbonyl (C=O) groups is 1. The smallest absolute Gasteiger partial charge is 0.258 e. The van der Waals surface area contributed by atoms with Crippen LogP contribution in [0.15, 0.2) is 41.0 Å². The number of hydrazine groups is 1. The number of amides is 1. The van der Waals surface area contributed by atoms with E-state index in [0.717, 1.165) is 0 Å². The summed E-state index contributed by atoms with van der Waals surface area (Å²) in [6, 6.07) is 6.90. The van der Waals surface area contributed by atoms with E-state index in [1.54, 1.807) is 24.3 Å². The molecule has 1 aromatic rings. The molecule has 0 atom stereocenters. The molecule has 0 saturated heterocycles. The van der Waals surface area contributed by atoms with Crippen LogP contribution in [0.2, 0.25) is 5.02 Å². The van der Waals surface area contributed by atoms with Crippen LogP contribution in [0.25, 0.3) is 0 Å². The number of halogens is 1. The van der Waals surface area contributed by atoms with Crippen molar-refractivity contribution in [1.82, 2.24) is 5.43 Å². The van der Waals surface area contributed by atoms with E-state index in [4.69, 9.17) is 17.3 Å². The van der Waals surface area contributed by atoms with E-state index < -0.39 is 5.91 Å². The van der Waals surface area contributed by atoms with Crippen molar-refractivity contribution in [2.24, 2.45) is 10.7 Å². The van der Waals surface area contributed by atoms with Crippen molar-refractivity contribution < 1.29 is 9.48 Å². The summed E-state index contributed by atoms with van der Waals surface area (Å²) in [5.74, 6) is -0.189. The Kier molecular flexibility index (Phi) is 2.93. The fraction of sp³-hybridized carbons (Fsp3) is 0. The highest BCUT2D eigenvalue weighted by Gasteiger charge is 2.26. The summed E-state index contributed by atoms with van der Waals surface area (Å²) >= 11 is 5.76. The van der Waals surface area contributed by atoms with Gasteiger partial charge in [-0.15, -0.1) is 5.43 Å². The van der Waals surface area contributed by atoms with Gasteiger partial charge in [-0.2, -0.15) is 0 Å². The molecule has 1 aromatic carbocycles. The quantitative estimate of drug-likeness (QED) is 0.767. The van der Waals surface area contributed by atoms with Crippen molar-refractivity contribution in [2.75, 3.05) is 0 Å². The van der Waals surface area contributed by atoms with Gasteiger partial charge in [0.1, 0.15) is 0 Å². The highest BCUT2D eigenvalue weighted by Crippen LogP contribution is 2.18. The monoisotopic (exact) mass is 249 g/mol. The summed E-state index contributed by atoms with van der Waals surface area (Å²) in [6.07, 6.45) is 1.48. The summed E-state index contributed by atoms with van der Waals surface area (Å²) in [5.41, 5.74) is 8.97. The first-order valence-corrected chi connectivity index (χ1v) is 5.17. The summed E-state index contributed by atoms with van der Waals surface area (Å²) < 4.78 is 1.37. The van der Waals surface area contributed by atoms with E-state index in [-0.39, 0.29) is 5.57 Å². The number of hydrogen-bond donors (Lipinski definition) is 2. The third kappa shape index (κ3) is 2.51. The predicted octanol–water partition coefficient (Wildman–Crippen LogP) is 0.970. The van der Waals surface area contributed by atoms with Gasteiger partial charge in [0.15, 0.2) is 12.3 Å². The average Bonchev–Trinajstić information content (AvgIpc) is 2.63. The minimum Gasteiger partial charge on any atom is -0.365 e. The highest BCUT2D eigenvalue weighted by atomic mass is 35.5. The molecule has 1 aliphatic heterocycles. The molecule has 0 radical (unpaired) electrons. The molecule has 1 aliphatic rings. The lowest BCUT2D eigenvalue weighted by atomic mass is 10.2. The van der Waals surface area contributed by atoms with Gasteiger partial charge in [-0.1, -0.05) is 16.3 Å². The van der Waals surface area contributed by atoms with E-state index in [1.807, 2.05) is 0 Å². The number of nitrogens with two attached hydrogens (primary N) is 1. The number of rotatable bonds is 2. The molecule has 5 nitrogen and oxygen atoms in total. The maximum absolute atomic E-state index is 11.2. The van der Waals surface area contributed by atoms with Crippen LogP contribution in [0.5, 0.6) is 0 Å². The van der Waals surface area contributed by atoms with E-state index in [9.17, 15) is 4.79 Å². The Labute approximate surface area is 103 Å². The van der Waals surface area contributed by atoms with Gasteiger partial charge >= 0.3 is 0 Å². The van der Waals surface area contributed by atoms with E-state index >= 15 is 0 Å². The molecule has 6 heteroatoms.